The zero-order valence-electron chi connectivity index (χ0n) is 11.5. The van der Waals surface area contributed by atoms with E-state index in [4.69, 9.17) is 0 Å². The van der Waals surface area contributed by atoms with Crippen molar-refractivity contribution >= 4 is 17.2 Å². The molecule has 0 saturated carbocycles. The minimum absolute atomic E-state index is 0.0643. The summed E-state index contributed by atoms with van der Waals surface area (Å²) in [5.41, 5.74) is 2.56. The zero-order chi connectivity index (χ0) is 14.7. The highest BCUT2D eigenvalue weighted by Gasteiger charge is 2.10. The number of rotatable bonds is 4. The molecule has 0 aliphatic carbocycles. The minimum atomic E-state index is -0.0643. The molecule has 0 spiro atoms. The molecular weight excluding hydrogens is 284 g/mol. The molecule has 0 bridgehead atoms. The summed E-state index contributed by atoms with van der Waals surface area (Å²) >= 11 is 1.43. The predicted molar refractivity (Wildman–Crippen MR) is 81.9 cm³/mol. The molecule has 0 aliphatic rings. The number of nitrogens with one attached hydrogen (secondary N) is 1. The highest BCUT2D eigenvalue weighted by molar-refractivity contribution is 7.12. The minimum Gasteiger partial charge on any atom is -0.346 e. The lowest BCUT2D eigenvalue weighted by molar-refractivity contribution is 0.0954. The van der Waals surface area contributed by atoms with Gasteiger partial charge in [0.1, 0.15) is 5.69 Å². The van der Waals surface area contributed by atoms with Gasteiger partial charge in [-0.2, -0.15) is 5.10 Å². The number of aryl methyl sites for hydroxylation is 1. The van der Waals surface area contributed by atoms with Crippen LogP contribution in [0.5, 0.6) is 0 Å². The van der Waals surface area contributed by atoms with Crippen molar-refractivity contribution in [3.8, 4) is 11.4 Å². The summed E-state index contributed by atoms with van der Waals surface area (Å²) in [6.07, 6.45) is 1.74. The first-order valence-corrected chi connectivity index (χ1v) is 7.38. The van der Waals surface area contributed by atoms with Crippen LogP contribution < -0.4 is 5.32 Å². The maximum absolute atomic E-state index is 11.9. The van der Waals surface area contributed by atoms with Crippen LogP contribution in [0, 0.1) is 0 Å². The SMILES string of the molecule is Cn1nc(-c2ccccn2)cc1CNC(=O)c1cccs1. The molecule has 0 aliphatic heterocycles. The summed E-state index contributed by atoms with van der Waals surface area (Å²) in [5, 5.41) is 9.21. The van der Waals surface area contributed by atoms with Crippen LogP contribution >= 0.6 is 11.3 Å². The molecule has 0 atom stereocenters. The fourth-order valence-electron chi connectivity index (χ4n) is 1.98. The Hall–Kier alpha value is -2.47. The average molecular weight is 298 g/mol. The fourth-order valence-corrected chi connectivity index (χ4v) is 2.62. The third-order valence-electron chi connectivity index (χ3n) is 3.08. The van der Waals surface area contributed by atoms with E-state index in [0.717, 1.165) is 17.1 Å². The lowest BCUT2D eigenvalue weighted by Crippen LogP contribution is -2.23. The van der Waals surface area contributed by atoms with Crippen molar-refractivity contribution in [2.45, 2.75) is 6.54 Å². The van der Waals surface area contributed by atoms with Crippen molar-refractivity contribution in [1.29, 1.82) is 0 Å². The highest BCUT2D eigenvalue weighted by Crippen LogP contribution is 2.16. The summed E-state index contributed by atoms with van der Waals surface area (Å²) < 4.78 is 1.76. The standard InChI is InChI=1S/C15H14N4OS/c1-19-11(10-17-15(20)14-6-4-8-21-14)9-13(18-19)12-5-2-3-7-16-12/h2-9H,10H2,1H3,(H,17,20). The largest absolute Gasteiger partial charge is 0.346 e. The van der Waals surface area contributed by atoms with Crippen molar-refractivity contribution < 1.29 is 4.79 Å². The molecule has 0 saturated heterocycles. The van der Waals surface area contributed by atoms with Gasteiger partial charge in [0.25, 0.3) is 5.91 Å². The second kappa shape index (κ2) is 5.88. The number of carbonyl (C=O) groups is 1. The van der Waals surface area contributed by atoms with Crippen molar-refractivity contribution in [2.75, 3.05) is 0 Å². The zero-order valence-corrected chi connectivity index (χ0v) is 12.3. The van der Waals surface area contributed by atoms with E-state index in [0.29, 0.717) is 11.4 Å². The number of hydrogen-bond donors (Lipinski definition) is 1. The Bertz CT molecular complexity index is 734. The molecule has 21 heavy (non-hydrogen) atoms. The van der Waals surface area contributed by atoms with Gasteiger partial charge in [0.2, 0.25) is 0 Å². The smallest absolute Gasteiger partial charge is 0.261 e. The monoisotopic (exact) mass is 298 g/mol. The first kappa shape index (κ1) is 13.5. The number of pyridine rings is 1. The number of aromatic nitrogens is 3. The van der Waals surface area contributed by atoms with E-state index in [1.165, 1.54) is 11.3 Å². The van der Waals surface area contributed by atoms with Crippen LogP contribution in [-0.4, -0.2) is 20.7 Å². The topological polar surface area (TPSA) is 59.8 Å². The van der Waals surface area contributed by atoms with Gasteiger partial charge in [-0.05, 0) is 29.6 Å². The molecule has 3 aromatic heterocycles. The Kier molecular flexibility index (Phi) is 3.79. The molecule has 0 radical (unpaired) electrons. The first-order valence-electron chi connectivity index (χ1n) is 6.50. The summed E-state index contributed by atoms with van der Waals surface area (Å²) in [5.74, 6) is -0.0643. The molecule has 1 N–H and O–H groups in total. The van der Waals surface area contributed by atoms with Crippen LogP contribution in [0.3, 0.4) is 0 Å². The van der Waals surface area contributed by atoms with Crippen molar-refractivity contribution in [2.24, 2.45) is 7.05 Å². The van der Waals surface area contributed by atoms with Gasteiger partial charge in [0.05, 0.1) is 22.8 Å². The van der Waals surface area contributed by atoms with Gasteiger partial charge in [-0.3, -0.25) is 14.5 Å². The van der Waals surface area contributed by atoms with E-state index >= 15 is 0 Å². The van der Waals surface area contributed by atoms with E-state index in [1.54, 1.807) is 10.9 Å². The quantitative estimate of drug-likeness (QED) is 0.805. The Morgan fingerprint density at radius 1 is 1.29 bits per heavy atom. The van der Waals surface area contributed by atoms with Crippen molar-refractivity contribution in [3.05, 3.63) is 58.5 Å². The molecule has 6 heteroatoms. The van der Waals surface area contributed by atoms with Gasteiger partial charge in [-0.25, -0.2) is 0 Å². The van der Waals surface area contributed by atoms with Crippen molar-refractivity contribution in [3.63, 3.8) is 0 Å². The summed E-state index contributed by atoms with van der Waals surface area (Å²) in [4.78, 5) is 16.9. The van der Waals surface area contributed by atoms with Gasteiger partial charge in [0.15, 0.2) is 0 Å². The summed E-state index contributed by atoms with van der Waals surface area (Å²) in [6, 6.07) is 11.3. The normalized spacial score (nSPS) is 10.5. The molecular formula is C15H14N4OS. The van der Waals surface area contributed by atoms with Crippen LogP contribution in [-0.2, 0) is 13.6 Å². The van der Waals surface area contributed by atoms with Crippen LogP contribution in [0.4, 0.5) is 0 Å². The van der Waals surface area contributed by atoms with Gasteiger partial charge in [-0.15, -0.1) is 11.3 Å². The van der Waals surface area contributed by atoms with E-state index in [-0.39, 0.29) is 5.91 Å². The summed E-state index contributed by atoms with van der Waals surface area (Å²) in [6.45, 7) is 0.438. The van der Waals surface area contributed by atoms with Gasteiger partial charge < -0.3 is 5.32 Å². The van der Waals surface area contributed by atoms with E-state index in [1.807, 2.05) is 48.8 Å². The molecule has 106 valence electrons. The fraction of sp³-hybridized carbons (Fsp3) is 0.133. The van der Waals surface area contributed by atoms with Crippen LogP contribution in [0.1, 0.15) is 15.4 Å². The number of thiophene rings is 1. The molecule has 3 aromatic rings. The Balaban J connectivity index is 1.72. The van der Waals surface area contributed by atoms with Crippen LogP contribution in [0.2, 0.25) is 0 Å². The predicted octanol–water partition coefficient (Wildman–Crippen LogP) is 2.47. The Labute approximate surface area is 126 Å². The van der Waals surface area contributed by atoms with E-state index in [9.17, 15) is 4.79 Å². The van der Waals surface area contributed by atoms with Crippen molar-refractivity contribution in [1.82, 2.24) is 20.1 Å². The second-order valence-corrected chi connectivity index (χ2v) is 5.47. The van der Waals surface area contributed by atoms with Gasteiger partial charge >= 0.3 is 0 Å². The molecule has 3 rings (SSSR count). The van der Waals surface area contributed by atoms with Gasteiger partial charge in [0, 0.05) is 13.2 Å². The Morgan fingerprint density at radius 2 is 2.19 bits per heavy atom. The number of carbonyl (C=O) groups excluding carboxylic acids is 1. The lowest BCUT2D eigenvalue weighted by atomic mass is 10.2. The number of hydrogen-bond acceptors (Lipinski definition) is 4. The maximum atomic E-state index is 11.9. The lowest BCUT2D eigenvalue weighted by Gasteiger charge is -2.03. The average Bonchev–Trinajstić information content (AvgIpc) is 3.16. The second-order valence-electron chi connectivity index (χ2n) is 4.52. The molecule has 1 amide bonds. The molecule has 0 unspecified atom stereocenters. The number of nitrogens with zero attached hydrogens (tertiary/aromatic N) is 3. The molecule has 0 fully saturated rings. The van der Waals surface area contributed by atoms with E-state index in [2.05, 4.69) is 15.4 Å². The van der Waals surface area contributed by atoms with Crippen LogP contribution in [0.25, 0.3) is 11.4 Å². The molecule has 5 nitrogen and oxygen atoms in total. The van der Waals surface area contributed by atoms with E-state index < -0.39 is 0 Å². The van der Waals surface area contributed by atoms with Gasteiger partial charge in [-0.1, -0.05) is 12.1 Å². The summed E-state index contributed by atoms with van der Waals surface area (Å²) in [7, 11) is 1.86. The Morgan fingerprint density at radius 3 is 2.90 bits per heavy atom. The third kappa shape index (κ3) is 3.00. The molecule has 3 heterocycles. The molecule has 0 aromatic carbocycles. The first-order chi connectivity index (χ1) is 10.2. The van der Waals surface area contributed by atoms with Crippen LogP contribution in [0.15, 0.2) is 48.0 Å². The number of amides is 1. The maximum Gasteiger partial charge on any atom is 0.261 e. The third-order valence-corrected chi connectivity index (χ3v) is 3.95. The highest BCUT2D eigenvalue weighted by atomic mass is 32.1.